The van der Waals surface area contributed by atoms with Gasteiger partial charge in [0.1, 0.15) is 0 Å². The van der Waals surface area contributed by atoms with E-state index in [4.69, 9.17) is 0 Å². The highest BCUT2D eigenvalue weighted by atomic mass is 15.1. The number of nitrogens with zero attached hydrogens (tertiary/aromatic N) is 2. The molecule has 0 aliphatic rings. The zero-order chi connectivity index (χ0) is 37.0. The normalized spacial score (nSPS) is 11.6. The first-order valence-corrected chi connectivity index (χ1v) is 19.3. The van der Waals surface area contributed by atoms with Gasteiger partial charge in [-0.15, -0.1) is 0 Å². The highest BCUT2D eigenvalue weighted by Crippen LogP contribution is 2.47. The van der Waals surface area contributed by atoms with Crippen LogP contribution in [0.5, 0.6) is 0 Å². The van der Waals surface area contributed by atoms with Crippen molar-refractivity contribution in [2.45, 2.75) is 0 Å². The predicted molar refractivity (Wildman–Crippen MR) is 239 cm³/mol. The third kappa shape index (κ3) is 5.11. The molecule has 0 aliphatic carbocycles. The van der Waals surface area contributed by atoms with Gasteiger partial charge in [-0.1, -0.05) is 182 Å². The fourth-order valence-corrected chi connectivity index (χ4v) is 8.87. The van der Waals surface area contributed by atoms with Gasteiger partial charge in [0.2, 0.25) is 0 Å². The van der Waals surface area contributed by atoms with Crippen molar-refractivity contribution in [2.24, 2.45) is 0 Å². The average molecular weight is 713 g/mol. The fraction of sp³-hybridized carbons (Fsp3) is 0. The first-order chi connectivity index (χ1) is 27.8. The van der Waals surface area contributed by atoms with Gasteiger partial charge in [-0.3, -0.25) is 0 Å². The molecule has 0 aliphatic heterocycles. The molecule has 56 heavy (non-hydrogen) atoms. The number of benzene rings is 10. The Morgan fingerprint density at radius 3 is 1.75 bits per heavy atom. The standard InChI is InChI=1S/C54H36N2/c1-2-17-38(18-3-1)43-24-10-13-30-50(43)55(53-35-39-20-5-7-23-42(39)44-25-8-9-27-47(44)53)40-33-34-49-48-28-12-15-32-52(48)56(54(49)36-40)51-31-14-11-26-46(51)45-29-16-21-37-19-4-6-22-41(37)45/h1-36H. The molecule has 0 saturated heterocycles. The fourth-order valence-electron chi connectivity index (χ4n) is 8.87. The molecule has 0 amide bonds. The van der Waals surface area contributed by atoms with Crippen LogP contribution in [-0.4, -0.2) is 4.57 Å². The summed E-state index contributed by atoms with van der Waals surface area (Å²) in [6.45, 7) is 0. The highest BCUT2D eigenvalue weighted by molar-refractivity contribution is 6.16. The summed E-state index contributed by atoms with van der Waals surface area (Å²) in [5, 5.41) is 9.84. The number of hydrogen-bond acceptors (Lipinski definition) is 1. The molecular formula is C54H36N2. The predicted octanol–water partition coefficient (Wildman–Crippen LogP) is 15.0. The van der Waals surface area contributed by atoms with E-state index in [0.717, 1.165) is 28.3 Å². The number of hydrogen-bond donors (Lipinski definition) is 0. The molecule has 0 bridgehead atoms. The molecule has 11 aromatic rings. The van der Waals surface area contributed by atoms with Crippen molar-refractivity contribution in [1.29, 1.82) is 0 Å². The molecule has 0 fully saturated rings. The minimum Gasteiger partial charge on any atom is -0.309 e. The van der Waals surface area contributed by atoms with Crippen LogP contribution in [0.3, 0.4) is 0 Å². The van der Waals surface area contributed by atoms with Crippen LogP contribution in [0.1, 0.15) is 0 Å². The van der Waals surface area contributed by atoms with Crippen LogP contribution >= 0.6 is 0 Å². The lowest BCUT2D eigenvalue weighted by molar-refractivity contribution is 1.18. The zero-order valence-electron chi connectivity index (χ0n) is 30.7. The summed E-state index contributed by atoms with van der Waals surface area (Å²) in [6.07, 6.45) is 0. The van der Waals surface area contributed by atoms with Crippen molar-refractivity contribution in [1.82, 2.24) is 4.57 Å². The monoisotopic (exact) mass is 712 g/mol. The van der Waals surface area contributed by atoms with Crippen molar-refractivity contribution in [3.63, 3.8) is 0 Å². The zero-order valence-corrected chi connectivity index (χ0v) is 30.7. The number of rotatable bonds is 6. The highest BCUT2D eigenvalue weighted by Gasteiger charge is 2.23. The number of para-hydroxylation sites is 3. The van der Waals surface area contributed by atoms with Crippen LogP contribution in [0.15, 0.2) is 218 Å². The van der Waals surface area contributed by atoms with Gasteiger partial charge in [-0.25, -0.2) is 0 Å². The summed E-state index contributed by atoms with van der Waals surface area (Å²) in [7, 11) is 0. The van der Waals surface area contributed by atoms with E-state index in [2.05, 4.69) is 228 Å². The van der Waals surface area contributed by atoms with Gasteiger partial charge in [-0.2, -0.15) is 0 Å². The molecule has 10 aromatic carbocycles. The van der Waals surface area contributed by atoms with E-state index in [-0.39, 0.29) is 0 Å². The van der Waals surface area contributed by atoms with Crippen molar-refractivity contribution in [2.75, 3.05) is 4.90 Å². The van der Waals surface area contributed by atoms with Crippen LogP contribution in [0.2, 0.25) is 0 Å². The molecule has 262 valence electrons. The Balaban J connectivity index is 1.23. The van der Waals surface area contributed by atoms with Gasteiger partial charge < -0.3 is 9.47 Å². The summed E-state index contributed by atoms with van der Waals surface area (Å²) in [5.74, 6) is 0. The maximum Gasteiger partial charge on any atom is 0.0562 e. The smallest absolute Gasteiger partial charge is 0.0562 e. The van der Waals surface area contributed by atoms with Crippen LogP contribution in [0.4, 0.5) is 17.1 Å². The molecule has 0 saturated carbocycles. The van der Waals surface area contributed by atoms with Crippen molar-refractivity contribution < 1.29 is 0 Å². The minimum atomic E-state index is 1.09. The Morgan fingerprint density at radius 1 is 0.304 bits per heavy atom. The third-order valence-corrected chi connectivity index (χ3v) is 11.4. The van der Waals surface area contributed by atoms with Crippen molar-refractivity contribution in [3.8, 4) is 27.9 Å². The largest absolute Gasteiger partial charge is 0.309 e. The van der Waals surface area contributed by atoms with Gasteiger partial charge in [0.15, 0.2) is 0 Å². The number of aromatic nitrogens is 1. The average Bonchev–Trinajstić information content (AvgIpc) is 3.60. The van der Waals surface area contributed by atoms with E-state index in [1.165, 1.54) is 70.9 Å². The van der Waals surface area contributed by atoms with Gasteiger partial charge >= 0.3 is 0 Å². The molecule has 0 N–H and O–H groups in total. The number of fused-ring (bicyclic) bond motifs is 7. The first kappa shape index (κ1) is 32.0. The lowest BCUT2D eigenvalue weighted by atomic mass is 9.96. The second kappa shape index (κ2) is 13.2. The SMILES string of the molecule is c1ccc(-c2ccccc2N(c2ccc3c4ccccc4n(-c4ccccc4-c4cccc5ccccc45)c3c2)c2cc3ccccc3c3ccccc23)cc1. The molecule has 2 heteroatoms. The van der Waals surface area contributed by atoms with Gasteiger partial charge in [-0.05, 0) is 74.5 Å². The molecule has 1 aromatic heterocycles. The van der Waals surface area contributed by atoms with Gasteiger partial charge in [0, 0.05) is 33.0 Å². The summed E-state index contributed by atoms with van der Waals surface area (Å²) in [6, 6.07) is 79.6. The second-order valence-corrected chi connectivity index (χ2v) is 14.5. The first-order valence-electron chi connectivity index (χ1n) is 19.3. The molecule has 2 nitrogen and oxygen atoms in total. The van der Waals surface area contributed by atoms with Crippen molar-refractivity contribution >= 4 is 71.2 Å². The number of anilines is 3. The van der Waals surface area contributed by atoms with Crippen LogP contribution in [-0.2, 0) is 0 Å². The molecule has 0 spiro atoms. The Morgan fingerprint density at radius 2 is 0.893 bits per heavy atom. The Labute approximate surface area is 325 Å². The summed E-state index contributed by atoms with van der Waals surface area (Å²) >= 11 is 0. The summed E-state index contributed by atoms with van der Waals surface area (Å²) in [5.41, 5.74) is 11.6. The maximum atomic E-state index is 2.48. The molecule has 0 radical (unpaired) electrons. The van der Waals surface area contributed by atoms with E-state index in [0.29, 0.717) is 0 Å². The van der Waals surface area contributed by atoms with Crippen LogP contribution < -0.4 is 4.90 Å². The second-order valence-electron chi connectivity index (χ2n) is 14.5. The van der Waals surface area contributed by atoms with E-state index in [1.807, 2.05) is 0 Å². The van der Waals surface area contributed by atoms with E-state index < -0.39 is 0 Å². The summed E-state index contributed by atoms with van der Waals surface area (Å²) < 4.78 is 2.48. The van der Waals surface area contributed by atoms with Gasteiger partial charge in [0.25, 0.3) is 0 Å². The topological polar surface area (TPSA) is 8.17 Å². The minimum absolute atomic E-state index is 1.09. The Kier molecular flexibility index (Phi) is 7.53. The lowest BCUT2D eigenvalue weighted by Gasteiger charge is -2.30. The molecular weight excluding hydrogens is 677 g/mol. The molecule has 1 heterocycles. The van der Waals surface area contributed by atoms with Gasteiger partial charge in [0.05, 0.1) is 28.1 Å². The molecule has 0 atom stereocenters. The Hall–Kier alpha value is -7.42. The van der Waals surface area contributed by atoms with Crippen molar-refractivity contribution in [3.05, 3.63) is 218 Å². The third-order valence-electron chi connectivity index (χ3n) is 11.4. The van der Waals surface area contributed by atoms with E-state index in [9.17, 15) is 0 Å². The summed E-state index contributed by atoms with van der Waals surface area (Å²) in [4.78, 5) is 2.48. The van der Waals surface area contributed by atoms with E-state index >= 15 is 0 Å². The maximum absolute atomic E-state index is 2.48. The molecule has 11 rings (SSSR count). The van der Waals surface area contributed by atoms with Crippen LogP contribution in [0, 0.1) is 0 Å². The van der Waals surface area contributed by atoms with E-state index in [1.54, 1.807) is 0 Å². The quantitative estimate of drug-likeness (QED) is 0.156. The van der Waals surface area contributed by atoms with Crippen LogP contribution in [0.25, 0.3) is 82.1 Å². The lowest BCUT2D eigenvalue weighted by Crippen LogP contribution is -2.12. The Bertz CT molecular complexity index is 3260. The molecule has 0 unspecified atom stereocenters.